The standard InChI is InChI=1S/C65H125NO5/c1-3-5-7-9-11-13-15-17-19-21-22-23-24-25-26-27-29-30-33-37-41-45-49-53-57-63(68)62(61-67)66-64(69)58-54-50-46-42-38-34-32-36-40-44-48-52-56-60-71-65(70)59-55-51-47-43-39-35-31-28-20-18-16-14-12-10-8-6-4-2/h34,38,46,50,62-63,67-68H,3-33,35-37,39-45,47-49,51-61H2,1-2H3,(H,66,69)/b38-34-,50-46-. The van der Waals surface area contributed by atoms with Gasteiger partial charge in [-0.15, -0.1) is 0 Å². The van der Waals surface area contributed by atoms with Gasteiger partial charge in [0, 0.05) is 12.8 Å². The van der Waals surface area contributed by atoms with Gasteiger partial charge in [0.05, 0.1) is 25.4 Å². The second kappa shape index (κ2) is 60.9. The van der Waals surface area contributed by atoms with E-state index in [9.17, 15) is 19.8 Å². The summed E-state index contributed by atoms with van der Waals surface area (Å²) in [5.41, 5.74) is 0. The van der Waals surface area contributed by atoms with E-state index < -0.39 is 12.1 Å². The highest BCUT2D eigenvalue weighted by Gasteiger charge is 2.20. The molecule has 0 radical (unpaired) electrons. The number of ether oxygens (including phenoxy) is 1. The molecule has 0 heterocycles. The third-order valence-corrected chi connectivity index (χ3v) is 15.0. The first kappa shape index (κ1) is 69.3. The molecule has 0 saturated carbocycles. The van der Waals surface area contributed by atoms with Gasteiger partial charge in [-0.2, -0.15) is 0 Å². The van der Waals surface area contributed by atoms with Crippen LogP contribution in [0.1, 0.15) is 354 Å². The van der Waals surface area contributed by atoms with Gasteiger partial charge >= 0.3 is 5.97 Å². The average Bonchev–Trinajstić information content (AvgIpc) is 3.37. The van der Waals surface area contributed by atoms with Crippen LogP contribution in [-0.2, 0) is 14.3 Å². The smallest absolute Gasteiger partial charge is 0.305 e. The first-order valence-electron chi connectivity index (χ1n) is 32.1. The fraction of sp³-hybridized carbons (Fsp3) is 0.908. The minimum Gasteiger partial charge on any atom is -0.466 e. The number of aliphatic hydroxyl groups is 2. The molecule has 0 aromatic heterocycles. The number of esters is 1. The Balaban J connectivity index is 3.50. The second-order valence-electron chi connectivity index (χ2n) is 22.1. The fourth-order valence-electron chi connectivity index (χ4n) is 10.1. The molecule has 0 saturated heterocycles. The highest BCUT2D eigenvalue weighted by Crippen LogP contribution is 2.18. The Kier molecular flexibility index (Phi) is 59.5. The van der Waals surface area contributed by atoms with Crippen LogP contribution in [-0.4, -0.2) is 47.4 Å². The van der Waals surface area contributed by atoms with Crippen molar-refractivity contribution in [2.75, 3.05) is 13.2 Å². The van der Waals surface area contributed by atoms with Crippen molar-refractivity contribution < 1.29 is 24.5 Å². The Morgan fingerprint density at radius 3 is 1.10 bits per heavy atom. The molecule has 2 atom stereocenters. The van der Waals surface area contributed by atoms with Crippen LogP contribution in [0.2, 0.25) is 0 Å². The van der Waals surface area contributed by atoms with E-state index in [-0.39, 0.29) is 18.5 Å². The number of aliphatic hydroxyl groups excluding tert-OH is 2. The number of amides is 1. The van der Waals surface area contributed by atoms with Gasteiger partial charge in [0.15, 0.2) is 0 Å². The molecule has 71 heavy (non-hydrogen) atoms. The summed E-state index contributed by atoms with van der Waals surface area (Å²) in [4.78, 5) is 24.6. The van der Waals surface area contributed by atoms with Gasteiger partial charge in [0.2, 0.25) is 5.91 Å². The van der Waals surface area contributed by atoms with Crippen molar-refractivity contribution in [2.24, 2.45) is 0 Å². The molecule has 0 aliphatic heterocycles. The molecule has 0 aromatic carbocycles. The Morgan fingerprint density at radius 1 is 0.394 bits per heavy atom. The Hall–Kier alpha value is -1.66. The number of hydrogen-bond acceptors (Lipinski definition) is 5. The van der Waals surface area contributed by atoms with Crippen molar-refractivity contribution in [3.05, 3.63) is 24.3 Å². The van der Waals surface area contributed by atoms with Crippen LogP contribution in [0.3, 0.4) is 0 Å². The van der Waals surface area contributed by atoms with Crippen molar-refractivity contribution >= 4 is 11.9 Å². The average molecular weight is 1000 g/mol. The summed E-state index contributed by atoms with van der Waals surface area (Å²) in [6, 6.07) is -0.586. The van der Waals surface area contributed by atoms with E-state index in [0.717, 1.165) is 51.4 Å². The molecule has 0 aliphatic rings. The van der Waals surface area contributed by atoms with Gasteiger partial charge < -0.3 is 20.3 Å². The highest BCUT2D eigenvalue weighted by molar-refractivity contribution is 5.76. The minimum absolute atomic E-state index is 0.0120. The van der Waals surface area contributed by atoms with Gasteiger partial charge in [-0.25, -0.2) is 0 Å². The third-order valence-electron chi connectivity index (χ3n) is 15.0. The van der Waals surface area contributed by atoms with Gasteiger partial charge in [-0.05, 0) is 44.9 Å². The van der Waals surface area contributed by atoms with E-state index >= 15 is 0 Å². The monoisotopic (exact) mass is 1000 g/mol. The predicted molar refractivity (Wildman–Crippen MR) is 310 cm³/mol. The van der Waals surface area contributed by atoms with Gasteiger partial charge in [-0.3, -0.25) is 9.59 Å². The predicted octanol–water partition coefficient (Wildman–Crippen LogP) is 20.2. The molecule has 1 amide bonds. The molecule has 420 valence electrons. The van der Waals surface area contributed by atoms with Crippen LogP contribution in [0.5, 0.6) is 0 Å². The number of rotatable bonds is 60. The number of nitrogens with one attached hydrogen (secondary N) is 1. The zero-order chi connectivity index (χ0) is 51.4. The van der Waals surface area contributed by atoms with Crippen molar-refractivity contribution in [1.82, 2.24) is 5.32 Å². The summed E-state index contributed by atoms with van der Waals surface area (Å²) in [7, 11) is 0. The third kappa shape index (κ3) is 57.5. The van der Waals surface area contributed by atoms with E-state index in [2.05, 4.69) is 43.5 Å². The zero-order valence-corrected chi connectivity index (χ0v) is 48.0. The molecule has 0 fully saturated rings. The first-order valence-corrected chi connectivity index (χ1v) is 32.1. The maximum absolute atomic E-state index is 12.5. The van der Waals surface area contributed by atoms with Crippen molar-refractivity contribution in [2.45, 2.75) is 366 Å². The second-order valence-corrected chi connectivity index (χ2v) is 22.1. The molecular weight excluding hydrogens is 875 g/mol. The normalized spacial score (nSPS) is 12.7. The molecule has 0 bridgehead atoms. The summed E-state index contributed by atoms with van der Waals surface area (Å²) >= 11 is 0. The molecule has 0 rings (SSSR count). The number of carbonyl (C=O) groups excluding carboxylic acids is 2. The summed E-state index contributed by atoms with van der Waals surface area (Å²) < 4.78 is 5.48. The molecule has 6 nitrogen and oxygen atoms in total. The molecule has 0 spiro atoms. The minimum atomic E-state index is -0.700. The number of hydrogen-bond donors (Lipinski definition) is 3. The van der Waals surface area contributed by atoms with Crippen LogP contribution >= 0.6 is 0 Å². The molecule has 6 heteroatoms. The Labute approximate surface area is 443 Å². The summed E-state index contributed by atoms with van der Waals surface area (Å²) in [5, 5.41) is 23.3. The highest BCUT2D eigenvalue weighted by atomic mass is 16.5. The van der Waals surface area contributed by atoms with Crippen molar-refractivity contribution in [1.29, 1.82) is 0 Å². The Bertz CT molecular complexity index is 1110. The van der Waals surface area contributed by atoms with Crippen LogP contribution in [0.15, 0.2) is 24.3 Å². The molecule has 3 N–H and O–H groups in total. The maximum Gasteiger partial charge on any atom is 0.305 e. The fourth-order valence-corrected chi connectivity index (χ4v) is 10.1. The lowest BCUT2D eigenvalue weighted by atomic mass is 10.0. The SMILES string of the molecule is CCCCCCCCCCCCCCCCCCCCCCCCCCC(O)C(CO)NC(=O)CC/C=C\C/C=C\CCCCCCCCOC(=O)CCCCCCCCCCCCCCCCCCC. The van der Waals surface area contributed by atoms with Gasteiger partial charge in [0.25, 0.3) is 0 Å². The number of allylic oxidation sites excluding steroid dienone is 4. The van der Waals surface area contributed by atoms with Gasteiger partial charge in [-0.1, -0.05) is 321 Å². The van der Waals surface area contributed by atoms with Crippen LogP contribution in [0, 0.1) is 0 Å². The first-order chi connectivity index (χ1) is 35.0. The largest absolute Gasteiger partial charge is 0.466 e. The molecule has 0 aliphatic carbocycles. The van der Waals surface area contributed by atoms with E-state index in [1.807, 2.05) is 0 Å². The topological polar surface area (TPSA) is 95.9 Å². The van der Waals surface area contributed by atoms with Crippen LogP contribution in [0.4, 0.5) is 0 Å². The summed E-state index contributed by atoms with van der Waals surface area (Å²) in [6.45, 7) is 4.92. The van der Waals surface area contributed by atoms with Gasteiger partial charge in [0.1, 0.15) is 0 Å². The van der Waals surface area contributed by atoms with Crippen LogP contribution < -0.4 is 5.32 Å². The number of unbranched alkanes of at least 4 members (excludes halogenated alkanes) is 45. The van der Waals surface area contributed by atoms with Crippen LogP contribution in [0.25, 0.3) is 0 Å². The molecular formula is C65H125NO5. The summed E-state index contributed by atoms with van der Waals surface area (Å²) in [5.74, 6) is -0.123. The quantitative estimate of drug-likeness (QED) is 0.0320. The molecule has 2 unspecified atom stereocenters. The van der Waals surface area contributed by atoms with E-state index in [4.69, 9.17) is 4.74 Å². The lowest BCUT2D eigenvalue weighted by Gasteiger charge is -2.22. The van der Waals surface area contributed by atoms with Crippen molar-refractivity contribution in [3.8, 4) is 0 Å². The lowest BCUT2D eigenvalue weighted by Crippen LogP contribution is -2.45. The zero-order valence-electron chi connectivity index (χ0n) is 48.0. The Morgan fingerprint density at radius 2 is 0.718 bits per heavy atom. The lowest BCUT2D eigenvalue weighted by molar-refractivity contribution is -0.143. The maximum atomic E-state index is 12.5. The summed E-state index contributed by atoms with van der Waals surface area (Å²) in [6.07, 6.45) is 74.9. The van der Waals surface area contributed by atoms with Crippen molar-refractivity contribution in [3.63, 3.8) is 0 Å². The van der Waals surface area contributed by atoms with E-state index in [1.165, 1.54) is 263 Å². The van der Waals surface area contributed by atoms with E-state index in [1.54, 1.807) is 0 Å². The number of carbonyl (C=O) groups is 2. The molecule has 0 aromatic rings. The van der Waals surface area contributed by atoms with E-state index in [0.29, 0.717) is 32.3 Å².